The van der Waals surface area contributed by atoms with Crippen LogP contribution in [0.5, 0.6) is 0 Å². The van der Waals surface area contributed by atoms with E-state index in [4.69, 9.17) is 10.5 Å². The largest absolute Gasteiger partial charge is 0.468 e. The Kier molecular flexibility index (Phi) is 4.94. The molecule has 0 bridgehead atoms. The maximum absolute atomic E-state index is 11.6. The van der Waals surface area contributed by atoms with E-state index in [0.29, 0.717) is 6.42 Å². The third-order valence-electron chi connectivity index (χ3n) is 2.75. The molecule has 0 spiro atoms. The maximum Gasteiger partial charge on any atom is 0.408 e. The number of hydrogen-bond acceptors (Lipinski definition) is 5. The Morgan fingerprint density at radius 1 is 1.37 bits per heavy atom. The first kappa shape index (κ1) is 15.5. The molecule has 1 aliphatic carbocycles. The normalized spacial score (nSPS) is 23.8. The van der Waals surface area contributed by atoms with Gasteiger partial charge in [-0.05, 0) is 27.2 Å². The van der Waals surface area contributed by atoms with Crippen molar-refractivity contribution in [1.82, 2.24) is 5.32 Å². The van der Waals surface area contributed by atoms with Crippen LogP contribution in [0.4, 0.5) is 4.79 Å². The number of methoxy groups -OCH3 is 1. The van der Waals surface area contributed by atoms with Crippen LogP contribution in [-0.4, -0.2) is 36.9 Å². The standard InChI is InChI=1S/C13H22N2O4/c1-13(2,3)19-12(17)15-9-6-5-8(7-9)10(14)11(16)18-4/h5-6,8-10H,7,14H2,1-4H3,(H,15,17)/t8-,9+,10?/m1/s1. The van der Waals surface area contributed by atoms with E-state index in [1.54, 1.807) is 20.8 Å². The number of hydrogen-bond donors (Lipinski definition) is 2. The summed E-state index contributed by atoms with van der Waals surface area (Å²) in [5.41, 5.74) is 5.22. The Balaban J connectivity index is 2.44. The molecule has 0 saturated heterocycles. The monoisotopic (exact) mass is 270 g/mol. The number of esters is 1. The highest BCUT2D eigenvalue weighted by atomic mass is 16.6. The van der Waals surface area contributed by atoms with Gasteiger partial charge in [-0.1, -0.05) is 12.2 Å². The number of nitrogens with one attached hydrogen (secondary N) is 1. The van der Waals surface area contributed by atoms with Gasteiger partial charge in [0.25, 0.3) is 0 Å². The van der Waals surface area contributed by atoms with Crippen LogP contribution in [0.1, 0.15) is 27.2 Å². The Morgan fingerprint density at radius 2 is 2.00 bits per heavy atom. The Labute approximate surface area is 113 Å². The molecule has 1 unspecified atom stereocenters. The molecule has 3 N–H and O–H groups in total. The second-order valence-electron chi connectivity index (χ2n) is 5.59. The molecule has 6 nitrogen and oxygen atoms in total. The fourth-order valence-electron chi connectivity index (χ4n) is 1.87. The lowest BCUT2D eigenvalue weighted by Crippen LogP contribution is -2.41. The van der Waals surface area contributed by atoms with Crippen LogP contribution >= 0.6 is 0 Å². The van der Waals surface area contributed by atoms with Crippen LogP contribution in [-0.2, 0) is 14.3 Å². The molecule has 0 saturated carbocycles. The van der Waals surface area contributed by atoms with Gasteiger partial charge in [0.05, 0.1) is 13.2 Å². The van der Waals surface area contributed by atoms with Crippen LogP contribution in [0, 0.1) is 5.92 Å². The topological polar surface area (TPSA) is 90.6 Å². The average molecular weight is 270 g/mol. The van der Waals surface area contributed by atoms with Crippen LogP contribution in [0.25, 0.3) is 0 Å². The lowest BCUT2D eigenvalue weighted by atomic mass is 9.99. The number of ether oxygens (including phenoxy) is 2. The van der Waals surface area contributed by atoms with E-state index in [-0.39, 0.29) is 12.0 Å². The van der Waals surface area contributed by atoms with Crippen LogP contribution in [0.3, 0.4) is 0 Å². The summed E-state index contributed by atoms with van der Waals surface area (Å²) in [6.45, 7) is 5.40. The lowest BCUT2D eigenvalue weighted by molar-refractivity contribution is -0.143. The number of amides is 1. The van der Waals surface area contributed by atoms with Crippen molar-refractivity contribution in [2.45, 2.75) is 44.9 Å². The highest BCUT2D eigenvalue weighted by molar-refractivity contribution is 5.76. The van der Waals surface area contributed by atoms with Crippen molar-refractivity contribution < 1.29 is 19.1 Å². The number of nitrogens with two attached hydrogens (primary N) is 1. The molecule has 3 atom stereocenters. The van der Waals surface area contributed by atoms with Gasteiger partial charge in [0, 0.05) is 5.92 Å². The van der Waals surface area contributed by atoms with E-state index in [1.807, 2.05) is 12.2 Å². The van der Waals surface area contributed by atoms with Crippen molar-refractivity contribution in [2.75, 3.05) is 7.11 Å². The van der Waals surface area contributed by atoms with Crippen molar-refractivity contribution in [3.05, 3.63) is 12.2 Å². The number of alkyl carbamates (subject to hydrolysis) is 1. The zero-order valence-electron chi connectivity index (χ0n) is 11.8. The van der Waals surface area contributed by atoms with Crippen LogP contribution < -0.4 is 11.1 Å². The third kappa shape index (κ3) is 4.90. The quantitative estimate of drug-likeness (QED) is 0.588. The first-order chi connectivity index (χ1) is 8.73. The number of rotatable bonds is 3. The van der Waals surface area contributed by atoms with Crippen molar-refractivity contribution in [3.63, 3.8) is 0 Å². The minimum absolute atomic E-state index is 0.132. The minimum atomic E-state index is -0.702. The summed E-state index contributed by atoms with van der Waals surface area (Å²) in [7, 11) is 1.30. The zero-order chi connectivity index (χ0) is 14.6. The second-order valence-corrected chi connectivity index (χ2v) is 5.59. The number of carbonyl (C=O) groups excluding carboxylic acids is 2. The first-order valence-electron chi connectivity index (χ1n) is 6.24. The predicted octanol–water partition coefficient (Wildman–Crippen LogP) is 0.956. The molecular weight excluding hydrogens is 248 g/mol. The SMILES string of the molecule is COC(=O)C(N)[C@@H]1C=C[C@H](NC(=O)OC(C)(C)C)C1. The van der Waals surface area contributed by atoms with Crippen LogP contribution in [0.15, 0.2) is 12.2 Å². The molecule has 0 aromatic heterocycles. The number of carbonyl (C=O) groups is 2. The summed E-state index contributed by atoms with van der Waals surface area (Å²) in [6, 6.07) is -0.873. The summed E-state index contributed by atoms with van der Waals surface area (Å²) in [6.07, 6.45) is 3.73. The van der Waals surface area contributed by atoms with Gasteiger partial charge in [-0.15, -0.1) is 0 Å². The molecule has 19 heavy (non-hydrogen) atoms. The van der Waals surface area contributed by atoms with Crippen molar-refractivity contribution in [3.8, 4) is 0 Å². The molecule has 6 heteroatoms. The van der Waals surface area contributed by atoms with Gasteiger partial charge in [0.1, 0.15) is 11.6 Å². The summed E-state index contributed by atoms with van der Waals surface area (Å²) < 4.78 is 9.75. The fraction of sp³-hybridized carbons (Fsp3) is 0.692. The second kappa shape index (κ2) is 6.06. The highest BCUT2D eigenvalue weighted by Crippen LogP contribution is 2.21. The fourth-order valence-corrected chi connectivity index (χ4v) is 1.87. The Hall–Kier alpha value is -1.56. The van der Waals surface area contributed by atoms with Gasteiger partial charge >= 0.3 is 12.1 Å². The molecule has 0 aliphatic heterocycles. The molecule has 0 radical (unpaired) electrons. The van der Waals surface area contributed by atoms with E-state index in [9.17, 15) is 9.59 Å². The van der Waals surface area contributed by atoms with E-state index in [0.717, 1.165) is 0 Å². The molecule has 0 aromatic rings. The summed E-state index contributed by atoms with van der Waals surface area (Å²) >= 11 is 0. The lowest BCUT2D eigenvalue weighted by Gasteiger charge is -2.22. The first-order valence-corrected chi connectivity index (χ1v) is 6.24. The van der Waals surface area contributed by atoms with Gasteiger partial charge in [0.15, 0.2) is 0 Å². The molecule has 0 fully saturated rings. The van der Waals surface area contributed by atoms with Gasteiger partial charge in [-0.2, -0.15) is 0 Å². The third-order valence-corrected chi connectivity index (χ3v) is 2.75. The minimum Gasteiger partial charge on any atom is -0.468 e. The van der Waals surface area contributed by atoms with Gasteiger partial charge in [-0.3, -0.25) is 4.79 Å². The van der Waals surface area contributed by atoms with E-state index >= 15 is 0 Å². The summed E-state index contributed by atoms with van der Waals surface area (Å²) in [4.78, 5) is 22.9. The Bertz CT molecular complexity index is 373. The molecule has 0 heterocycles. The van der Waals surface area contributed by atoms with E-state index in [1.165, 1.54) is 7.11 Å². The molecule has 1 rings (SSSR count). The van der Waals surface area contributed by atoms with E-state index in [2.05, 4.69) is 10.1 Å². The van der Waals surface area contributed by atoms with Gasteiger partial charge < -0.3 is 20.5 Å². The molecule has 0 aromatic carbocycles. The van der Waals surface area contributed by atoms with Crippen molar-refractivity contribution in [1.29, 1.82) is 0 Å². The maximum atomic E-state index is 11.6. The van der Waals surface area contributed by atoms with Crippen molar-refractivity contribution in [2.24, 2.45) is 11.7 Å². The molecule has 1 amide bonds. The highest BCUT2D eigenvalue weighted by Gasteiger charge is 2.30. The zero-order valence-corrected chi connectivity index (χ0v) is 11.8. The molecular formula is C13H22N2O4. The molecule has 1 aliphatic rings. The molecule has 108 valence electrons. The summed E-state index contributed by atoms with van der Waals surface area (Å²) in [5, 5.41) is 2.72. The average Bonchev–Trinajstić information content (AvgIpc) is 2.72. The smallest absolute Gasteiger partial charge is 0.408 e. The Morgan fingerprint density at radius 3 is 2.53 bits per heavy atom. The van der Waals surface area contributed by atoms with Crippen LogP contribution in [0.2, 0.25) is 0 Å². The van der Waals surface area contributed by atoms with Gasteiger partial charge in [0.2, 0.25) is 0 Å². The van der Waals surface area contributed by atoms with Crippen molar-refractivity contribution >= 4 is 12.1 Å². The summed E-state index contributed by atoms with van der Waals surface area (Å²) in [5.74, 6) is -0.583. The van der Waals surface area contributed by atoms with E-state index < -0.39 is 23.7 Å². The predicted molar refractivity (Wildman–Crippen MR) is 70.4 cm³/mol. The van der Waals surface area contributed by atoms with Gasteiger partial charge in [-0.25, -0.2) is 4.79 Å².